The molecule has 0 spiro atoms. The Kier molecular flexibility index (Phi) is 2.70. The maximum Gasteiger partial charge on any atom is 0.184 e. The number of aromatic amines is 1. The maximum absolute atomic E-state index is 6.52. The smallest absolute Gasteiger partial charge is 0.184 e. The standard InChI is InChI=1S/C13H13ClN6/c14-11-8-4-2-1-3-5-9(8)19-20(11)13-10-12(16-6-15-10)17-7-18-13/h6-7H,1-5H2,(H,15,16,17,18). The van der Waals surface area contributed by atoms with Crippen LogP contribution in [0.2, 0.25) is 5.15 Å². The average Bonchev–Trinajstić information content (AvgIpc) is 2.97. The number of rotatable bonds is 1. The Hall–Kier alpha value is -1.95. The summed E-state index contributed by atoms with van der Waals surface area (Å²) >= 11 is 6.52. The minimum absolute atomic E-state index is 0.622. The summed E-state index contributed by atoms with van der Waals surface area (Å²) in [6.07, 6.45) is 8.65. The van der Waals surface area contributed by atoms with Crippen LogP contribution in [0.3, 0.4) is 0 Å². The molecule has 4 rings (SSSR count). The Balaban J connectivity index is 1.93. The van der Waals surface area contributed by atoms with Crippen LogP contribution < -0.4 is 0 Å². The van der Waals surface area contributed by atoms with Gasteiger partial charge in [0.1, 0.15) is 17.0 Å². The Labute approximate surface area is 120 Å². The molecule has 0 saturated carbocycles. The summed E-state index contributed by atoms with van der Waals surface area (Å²) in [6, 6.07) is 0. The van der Waals surface area contributed by atoms with Gasteiger partial charge < -0.3 is 4.98 Å². The van der Waals surface area contributed by atoms with E-state index in [1.165, 1.54) is 25.6 Å². The van der Waals surface area contributed by atoms with Crippen molar-refractivity contribution in [3.63, 3.8) is 0 Å². The molecule has 7 heteroatoms. The fraction of sp³-hybridized carbons (Fsp3) is 0.385. The first kappa shape index (κ1) is 11.8. The largest absolute Gasteiger partial charge is 0.340 e. The van der Waals surface area contributed by atoms with Crippen LogP contribution in [0.5, 0.6) is 0 Å². The van der Waals surface area contributed by atoms with Crippen LogP contribution in [-0.2, 0) is 12.8 Å². The van der Waals surface area contributed by atoms with E-state index in [0.717, 1.165) is 29.6 Å². The lowest BCUT2D eigenvalue weighted by atomic mass is 10.1. The third-order valence-electron chi connectivity index (χ3n) is 3.75. The van der Waals surface area contributed by atoms with E-state index in [4.69, 9.17) is 11.6 Å². The number of fused-ring (bicyclic) bond motifs is 2. The molecule has 0 fully saturated rings. The van der Waals surface area contributed by atoms with Crippen LogP contribution in [0, 0.1) is 0 Å². The predicted molar refractivity (Wildman–Crippen MR) is 75.1 cm³/mol. The van der Waals surface area contributed by atoms with E-state index in [0.29, 0.717) is 16.6 Å². The molecule has 1 aliphatic carbocycles. The van der Waals surface area contributed by atoms with Gasteiger partial charge >= 0.3 is 0 Å². The summed E-state index contributed by atoms with van der Waals surface area (Å²) in [5.41, 5.74) is 3.64. The molecule has 0 bridgehead atoms. The van der Waals surface area contributed by atoms with Crippen molar-refractivity contribution < 1.29 is 0 Å². The summed E-state index contributed by atoms with van der Waals surface area (Å²) in [7, 11) is 0. The van der Waals surface area contributed by atoms with Crippen molar-refractivity contribution in [3.05, 3.63) is 29.1 Å². The van der Waals surface area contributed by atoms with Gasteiger partial charge in [0.15, 0.2) is 11.5 Å². The number of hydrogen-bond donors (Lipinski definition) is 1. The van der Waals surface area contributed by atoms with Crippen LogP contribution in [-0.4, -0.2) is 29.7 Å². The van der Waals surface area contributed by atoms with E-state index in [9.17, 15) is 0 Å². The van der Waals surface area contributed by atoms with Gasteiger partial charge in [-0.3, -0.25) is 0 Å². The Morgan fingerprint density at radius 1 is 1.10 bits per heavy atom. The molecule has 102 valence electrons. The van der Waals surface area contributed by atoms with Crippen molar-refractivity contribution in [2.24, 2.45) is 0 Å². The number of halogens is 1. The fourth-order valence-electron chi connectivity index (χ4n) is 2.74. The molecule has 20 heavy (non-hydrogen) atoms. The molecule has 0 aromatic carbocycles. The maximum atomic E-state index is 6.52. The fourth-order valence-corrected chi connectivity index (χ4v) is 3.07. The highest BCUT2D eigenvalue weighted by atomic mass is 35.5. The van der Waals surface area contributed by atoms with Gasteiger partial charge in [-0.15, -0.1) is 0 Å². The third-order valence-corrected chi connectivity index (χ3v) is 4.14. The van der Waals surface area contributed by atoms with Gasteiger partial charge in [-0.2, -0.15) is 5.10 Å². The second kappa shape index (κ2) is 4.56. The van der Waals surface area contributed by atoms with Crippen LogP contribution in [0.4, 0.5) is 0 Å². The molecule has 1 N–H and O–H groups in total. The van der Waals surface area contributed by atoms with Crippen molar-refractivity contribution in [1.29, 1.82) is 0 Å². The molecule has 0 saturated heterocycles. The number of nitrogens with zero attached hydrogens (tertiary/aromatic N) is 5. The summed E-state index contributed by atoms with van der Waals surface area (Å²) in [6.45, 7) is 0. The van der Waals surface area contributed by atoms with E-state index >= 15 is 0 Å². The first-order valence-corrected chi connectivity index (χ1v) is 7.13. The normalized spacial score (nSPS) is 15.2. The lowest BCUT2D eigenvalue weighted by Gasteiger charge is -2.03. The number of aromatic nitrogens is 6. The van der Waals surface area contributed by atoms with Crippen molar-refractivity contribution >= 4 is 22.8 Å². The van der Waals surface area contributed by atoms with E-state index < -0.39 is 0 Å². The molecule has 0 unspecified atom stereocenters. The highest BCUT2D eigenvalue weighted by Crippen LogP contribution is 2.29. The Bertz CT molecular complexity index is 774. The van der Waals surface area contributed by atoms with Crippen LogP contribution in [0.25, 0.3) is 17.0 Å². The van der Waals surface area contributed by atoms with Crippen LogP contribution in [0.1, 0.15) is 30.5 Å². The third kappa shape index (κ3) is 1.71. The summed E-state index contributed by atoms with van der Waals surface area (Å²) < 4.78 is 1.71. The van der Waals surface area contributed by atoms with Crippen LogP contribution >= 0.6 is 11.6 Å². The van der Waals surface area contributed by atoms with Crippen molar-refractivity contribution in [2.75, 3.05) is 0 Å². The Morgan fingerprint density at radius 3 is 2.95 bits per heavy atom. The van der Waals surface area contributed by atoms with E-state index in [2.05, 4.69) is 25.0 Å². The van der Waals surface area contributed by atoms with Gasteiger partial charge in [-0.25, -0.2) is 19.6 Å². The summed E-state index contributed by atoms with van der Waals surface area (Å²) in [4.78, 5) is 15.6. The van der Waals surface area contributed by atoms with E-state index in [1.807, 2.05) is 0 Å². The lowest BCUT2D eigenvalue weighted by Crippen LogP contribution is -2.02. The molecule has 3 heterocycles. The minimum atomic E-state index is 0.622. The lowest BCUT2D eigenvalue weighted by molar-refractivity contribution is 0.693. The monoisotopic (exact) mass is 288 g/mol. The predicted octanol–water partition coefficient (Wildman–Crippen LogP) is 2.46. The average molecular weight is 289 g/mol. The molecule has 0 aliphatic heterocycles. The van der Waals surface area contributed by atoms with Gasteiger partial charge in [0.05, 0.1) is 12.0 Å². The molecule has 3 aromatic heterocycles. The minimum Gasteiger partial charge on any atom is -0.340 e. The van der Waals surface area contributed by atoms with Crippen molar-refractivity contribution in [3.8, 4) is 5.82 Å². The zero-order valence-electron chi connectivity index (χ0n) is 10.8. The molecule has 1 aliphatic rings. The van der Waals surface area contributed by atoms with Gasteiger partial charge in [0, 0.05) is 5.56 Å². The quantitative estimate of drug-likeness (QED) is 0.698. The summed E-state index contributed by atoms with van der Waals surface area (Å²) in [5, 5.41) is 5.32. The molecule has 6 nitrogen and oxygen atoms in total. The van der Waals surface area contributed by atoms with Gasteiger partial charge in [0.25, 0.3) is 0 Å². The van der Waals surface area contributed by atoms with Gasteiger partial charge in [-0.1, -0.05) is 18.0 Å². The van der Waals surface area contributed by atoms with Gasteiger partial charge in [0.2, 0.25) is 0 Å². The first-order valence-electron chi connectivity index (χ1n) is 6.75. The molecular formula is C13H13ClN6. The molecule has 0 amide bonds. The number of H-pyrrole nitrogens is 1. The van der Waals surface area contributed by atoms with Crippen molar-refractivity contribution in [2.45, 2.75) is 32.1 Å². The molecule has 3 aromatic rings. The zero-order chi connectivity index (χ0) is 13.5. The number of aryl methyl sites for hydroxylation is 1. The van der Waals surface area contributed by atoms with Gasteiger partial charge in [-0.05, 0) is 25.7 Å². The molecule has 0 radical (unpaired) electrons. The van der Waals surface area contributed by atoms with Crippen molar-refractivity contribution in [1.82, 2.24) is 29.7 Å². The highest BCUT2D eigenvalue weighted by molar-refractivity contribution is 6.30. The number of imidazole rings is 1. The molecule has 0 atom stereocenters. The van der Waals surface area contributed by atoms with Crippen LogP contribution in [0.15, 0.2) is 12.7 Å². The Morgan fingerprint density at radius 2 is 2.00 bits per heavy atom. The second-order valence-corrected chi connectivity index (χ2v) is 5.34. The zero-order valence-corrected chi connectivity index (χ0v) is 11.6. The molecular weight excluding hydrogens is 276 g/mol. The highest BCUT2D eigenvalue weighted by Gasteiger charge is 2.21. The first-order chi connectivity index (χ1) is 9.84. The van der Waals surface area contributed by atoms with E-state index in [-0.39, 0.29) is 0 Å². The number of nitrogens with one attached hydrogen (secondary N) is 1. The van der Waals surface area contributed by atoms with E-state index in [1.54, 1.807) is 11.0 Å². The second-order valence-electron chi connectivity index (χ2n) is 4.99. The SMILES string of the molecule is Clc1c2c(nn1-c1ncnc3nc[nH]c13)CCCCC2. The number of hydrogen-bond acceptors (Lipinski definition) is 4. The summed E-state index contributed by atoms with van der Waals surface area (Å²) in [5.74, 6) is 0.658. The topological polar surface area (TPSA) is 72.3 Å².